The predicted octanol–water partition coefficient (Wildman–Crippen LogP) is -0.633. The second-order valence-corrected chi connectivity index (χ2v) is 15.7. The molecule has 0 unspecified atom stereocenters. The minimum absolute atomic E-state index is 0. The van der Waals surface area contributed by atoms with E-state index in [-0.39, 0.29) is 81.1 Å². The van der Waals surface area contributed by atoms with Gasteiger partial charge in [-0.15, -0.1) is 31.8 Å². The summed E-state index contributed by atoms with van der Waals surface area (Å²) in [6.07, 6.45) is 0. The molecule has 0 saturated heterocycles. The van der Waals surface area contributed by atoms with Crippen LogP contribution in [0.5, 0.6) is 0 Å². The molecule has 0 aliphatic carbocycles. The Kier molecular flexibility index (Phi) is 16.5. The maximum atomic E-state index is 12.6. The third-order valence-electron chi connectivity index (χ3n) is 7.63. The zero-order valence-corrected chi connectivity index (χ0v) is 37.3. The van der Waals surface area contributed by atoms with Crippen molar-refractivity contribution in [2.75, 3.05) is 0 Å². The van der Waals surface area contributed by atoms with Gasteiger partial charge in [0.25, 0.3) is 11.1 Å². The number of carboxylic acid groups (broad SMARTS) is 2. The quantitative estimate of drug-likeness (QED) is 0.128. The molecular formula is C34H24Cl2CrN10NaO10S2. The summed E-state index contributed by atoms with van der Waals surface area (Å²) < 4.78 is 47.8. The third kappa shape index (κ3) is 11.6. The maximum Gasteiger partial charge on any atom is 3.00 e. The van der Waals surface area contributed by atoms with Crippen molar-refractivity contribution in [2.45, 2.75) is 23.6 Å². The van der Waals surface area contributed by atoms with Crippen molar-refractivity contribution in [1.82, 2.24) is 19.6 Å². The molecule has 26 heteroatoms. The molecule has 0 amide bonds. The molecule has 20 nitrogen and oxygen atoms in total. The van der Waals surface area contributed by atoms with Crippen LogP contribution < -0.4 is 71.4 Å². The topological polar surface area (TPSA) is 322 Å². The summed E-state index contributed by atoms with van der Waals surface area (Å²) >= 11 is 11.9. The third-order valence-corrected chi connectivity index (χ3v) is 9.92. The van der Waals surface area contributed by atoms with Crippen LogP contribution in [0.4, 0.5) is 22.7 Å². The molecule has 6 aromatic rings. The van der Waals surface area contributed by atoms with Gasteiger partial charge in [0.1, 0.15) is 11.4 Å². The second kappa shape index (κ2) is 20.0. The number of azo groups is 2. The normalized spacial score (nSPS) is 11.4. The number of sulfonamides is 2. The number of aromatic carboxylic acids is 2. The van der Waals surface area contributed by atoms with Crippen LogP contribution in [0.15, 0.2) is 125 Å². The number of aromatic nitrogens is 4. The number of rotatable bonds is 10. The summed E-state index contributed by atoms with van der Waals surface area (Å²) in [4.78, 5) is 47.0. The summed E-state index contributed by atoms with van der Waals surface area (Å²) in [5.74, 6) is -3.36. The van der Waals surface area contributed by atoms with Crippen molar-refractivity contribution < 1.29 is 83.6 Å². The number of primary sulfonamides is 2. The number of carboxylic acids is 2. The molecule has 0 bridgehead atoms. The number of hydrogen-bond acceptors (Lipinski definition) is 14. The van der Waals surface area contributed by atoms with E-state index in [9.17, 15) is 46.2 Å². The molecule has 303 valence electrons. The zero-order chi connectivity index (χ0) is 42.7. The molecule has 0 aliphatic heterocycles. The van der Waals surface area contributed by atoms with Gasteiger partial charge in [-0.05, 0) is 72.8 Å². The first-order valence-electron chi connectivity index (χ1n) is 15.8. The van der Waals surface area contributed by atoms with Gasteiger partial charge in [-0.25, -0.2) is 27.1 Å². The number of halogens is 2. The molecule has 6 rings (SSSR count). The number of carbonyl (C=O) groups is 2. The van der Waals surface area contributed by atoms with E-state index in [0.717, 1.165) is 45.8 Å². The fraction of sp³-hybridized carbons (Fsp3) is 0.0588. The molecule has 0 saturated carbocycles. The Morgan fingerprint density at radius 1 is 0.617 bits per heavy atom. The van der Waals surface area contributed by atoms with Crippen molar-refractivity contribution in [2.24, 2.45) is 30.7 Å². The molecule has 2 heterocycles. The first kappa shape index (κ1) is 49.3. The molecule has 2 aromatic heterocycles. The van der Waals surface area contributed by atoms with Crippen molar-refractivity contribution in [3.05, 3.63) is 138 Å². The van der Waals surface area contributed by atoms with Crippen LogP contribution >= 0.6 is 23.2 Å². The van der Waals surface area contributed by atoms with Crippen LogP contribution in [0.25, 0.3) is 11.4 Å². The van der Waals surface area contributed by atoms with Gasteiger partial charge >= 0.3 is 46.9 Å². The number of nitrogens with two attached hydrogens (primary N) is 2. The van der Waals surface area contributed by atoms with Gasteiger partial charge in [0.2, 0.25) is 20.0 Å². The minimum atomic E-state index is -4.12. The Morgan fingerprint density at radius 2 is 0.967 bits per heavy atom. The Labute approximate surface area is 382 Å². The summed E-state index contributed by atoms with van der Waals surface area (Å²) in [7, 11) is -8.25. The van der Waals surface area contributed by atoms with Crippen LogP contribution in [0.1, 0.15) is 32.1 Å². The van der Waals surface area contributed by atoms with Crippen molar-refractivity contribution >= 4 is 77.9 Å². The molecule has 0 atom stereocenters. The number of nitrogens with zero attached hydrogens (tertiary/aromatic N) is 8. The SMILES string of the molecule is Cc1[n-]n(-c2cccc(Cl)c2)c(=O)c1N=Nc1ccc(S(N)(=O)=O)cc1C(=O)[O-].Cc1[n-]n(-c2cccc(Cl)c2)c(=O)c1N=Nc1ccc(S(N)(=O)=O)cc1C(=O)[O-].[Cr+3].[Na+]. The number of carbonyl (C=O) groups excluding carboxylic acids is 2. The van der Waals surface area contributed by atoms with Crippen LogP contribution in [0.3, 0.4) is 0 Å². The van der Waals surface area contributed by atoms with Gasteiger partial charge in [-0.3, -0.25) is 9.59 Å². The first-order valence-corrected chi connectivity index (χ1v) is 19.7. The fourth-order valence-electron chi connectivity index (χ4n) is 4.89. The monoisotopic (exact) mass is 941 g/mol. The summed E-state index contributed by atoms with van der Waals surface area (Å²) in [6.45, 7) is 3.06. The van der Waals surface area contributed by atoms with Gasteiger partial charge < -0.3 is 39.4 Å². The molecule has 0 fully saturated rings. The fourth-order valence-corrected chi connectivity index (χ4v) is 6.33. The Balaban J connectivity index is 0.000000310. The van der Waals surface area contributed by atoms with E-state index in [0.29, 0.717) is 21.4 Å². The largest absolute Gasteiger partial charge is 3.00 e. The molecule has 4 N–H and O–H groups in total. The second-order valence-electron chi connectivity index (χ2n) is 11.7. The number of benzene rings is 4. The summed E-state index contributed by atoms with van der Waals surface area (Å²) in [6, 6.07) is 18.8. The molecule has 0 aliphatic rings. The van der Waals surface area contributed by atoms with Crippen LogP contribution in [-0.4, -0.2) is 38.1 Å². The van der Waals surface area contributed by atoms with Crippen molar-refractivity contribution in [3.8, 4) is 11.4 Å². The summed E-state index contributed by atoms with van der Waals surface area (Å²) in [5, 5.41) is 56.8. The Hall–Kier alpha value is -5.03. The van der Waals surface area contributed by atoms with E-state index < -0.39 is 64.0 Å². The number of aryl methyl sites for hydroxylation is 2. The predicted molar refractivity (Wildman–Crippen MR) is 203 cm³/mol. The van der Waals surface area contributed by atoms with Gasteiger partial charge in [0.05, 0.1) is 33.1 Å². The van der Waals surface area contributed by atoms with E-state index >= 15 is 0 Å². The molecular weight excluding hydrogens is 918 g/mol. The summed E-state index contributed by atoms with van der Waals surface area (Å²) in [5.41, 5.74) is -1.63. The first-order chi connectivity index (χ1) is 27.1. The van der Waals surface area contributed by atoms with Crippen molar-refractivity contribution in [1.29, 1.82) is 0 Å². The van der Waals surface area contributed by atoms with E-state index in [1.54, 1.807) is 36.4 Å². The van der Waals surface area contributed by atoms with Crippen molar-refractivity contribution in [3.63, 3.8) is 0 Å². The van der Waals surface area contributed by atoms with E-state index in [4.69, 9.17) is 33.5 Å². The minimum Gasteiger partial charge on any atom is -0.589 e. The maximum absolute atomic E-state index is 12.6. The molecule has 1 radical (unpaired) electrons. The van der Waals surface area contributed by atoms with Gasteiger partial charge in [0.15, 0.2) is 0 Å². The molecule has 0 spiro atoms. The average Bonchev–Trinajstić information content (AvgIpc) is 3.60. The van der Waals surface area contributed by atoms with E-state index in [2.05, 4.69) is 30.7 Å². The van der Waals surface area contributed by atoms with E-state index in [1.165, 1.54) is 26.0 Å². The average molecular weight is 943 g/mol. The Bertz CT molecular complexity index is 2840. The standard InChI is InChI=1S/2C17H14ClN5O5S.Cr.Na/c2*1-9-15(16(24)23(22-9)11-4-2-3-10(18)7-11)21-20-14-6-5-12(29(19,27)28)8-13(14)17(25)26;;/h2*2-8H,1H3,(H4,19,20,22,24,25,26,27,28);;/q;;+3;+1/p-4. The van der Waals surface area contributed by atoms with Crippen LogP contribution in [-0.2, 0) is 37.4 Å². The van der Waals surface area contributed by atoms with Gasteiger partial charge in [-0.2, -0.15) is 0 Å². The Morgan fingerprint density at radius 3 is 1.27 bits per heavy atom. The van der Waals surface area contributed by atoms with Gasteiger partial charge in [-0.1, -0.05) is 49.2 Å². The smallest absolute Gasteiger partial charge is 0.589 e. The van der Waals surface area contributed by atoms with Crippen LogP contribution in [0.2, 0.25) is 10.0 Å². The van der Waals surface area contributed by atoms with Crippen LogP contribution in [0, 0.1) is 13.8 Å². The molecule has 60 heavy (non-hydrogen) atoms. The van der Waals surface area contributed by atoms with E-state index in [1.807, 2.05) is 0 Å². The zero-order valence-electron chi connectivity index (χ0n) is 30.9. The number of hydrogen-bond donors (Lipinski definition) is 2. The molecule has 4 aromatic carbocycles. The van der Waals surface area contributed by atoms with Gasteiger partial charge in [0, 0.05) is 32.5 Å².